The number of carbonyl (C=O) groups excluding carboxylic acids is 1. The van der Waals surface area contributed by atoms with Gasteiger partial charge in [0, 0.05) is 38.2 Å². The molecule has 2 saturated heterocycles. The van der Waals surface area contributed by atoms with Crippen molar-refractivity contribution in [1.82, 2.24) is 9.80 Å². The van der Waals surface area contributed by atoms with Gasteiger partial charge in [-0.25, -0.2) is 0 Å². The van der Waals surface area contributed by atoms with E-state index in [1.165, 1.54) is 22.3 Å². The summed E-state index contributed by atoms with van der Waals surface area (Å²) in [6.45, 7) is 4.84. The predicted octanol–water partition coefficient (Wildman–Crippen LogP) is 3.06. The molecular weight excluding hydrogens is 376 g/mol. The summed E-state index contributed by atoms with van der Waals surface area (Å²) in [5.74, 6) is 0.290. The van der Waals surface area contributed by atoms with E-state index in [-0.39, 0.29) is 37.1 Å². The Bertz CT molecular complexity index is 850. The number of ether oxygens (including phenoxy) is 1. The van der Waals surface area contributed by atoms with Crippen molar-refractivity contribution >= 4 is 5.91 Å². The Hall–Kier alpha value is -2.21. The number of aliphatic hydroxyl groups is 1. The van der Waals surface area contributed by atoms with Crippen LogP contribution in [-0.2, 0) is 9.53 Å². The van der Waals surface area contributed by atoms with Crippen LogP contribution in [0.5, 0.6) is 0 Å². The van der Waals surface area contributed by atoms with E-state index in [0.29, 0.717) is 6.54 Å². The fourth-order valence-electron chi connectivity index (χ4n) is 5.03. The van der Waals surface area contributed by atoms with E-state index in [1.54, 1.807) is 7.11 Å². The molecular formula is C25H32N2O3. The standard InChI is InChI=1S/C25H32N2O3/c1-18-5-7-19(8-6-18)20-9-11-21(12-10-20)25-22-15-26(24(29)17-30-2)13-3-4-14-27(22)23(25)16-28/h5-12,22-23,25,28H,3-4,13-17H2,1-2H3/t22-,23-,25+/m0/s1. The monoisotopic (exact) mass is 408 g/mol. The van der Waals surface area contributed by atoms with Crippen LogP contribution in [0.3, 0.4) is 0 Å². The first-order chi connectivity index (χ1) is 14.6. The van der Waals surface area contributed by atoms with Crippen LogP contribution in [-0.4, -0.2) is 72.9 Å². The molecule has 0 aliphatic carbocycles. The Morgan fingerprint density at radius 3 is 2.30 bits per heavy atom. The van der Waals surface area contributed by atoms with Gasteiger partial charge in [-0.05, 0) is 43.0 Å². The molecule has 5 heteroatoms. The number of fused-ring (bicyclic) bond motifs is 1. The summed E-state index contributed by atoms with van der Waals surface area (Å²) >= 11 is 0. The highest BCUT2D eigenvalue weighted by Crippen LogP contribution is 2.42. The van der Waals surface area contributed by atoms with Crippen LogP contribution in [0.15, 0.2) is 48.5 Å². The van der Waals surface area contributed by atoms with Crippen LogP contribution in [0.2, 0.25) is 0 Å². The Kier molecular flexibility index (Phi) is 6.52. The molecule has 2 aliphatic heterocycles. The van der Waals surface area contributed by atoms with Crippen LogP contribution < -0.4 is 0 Å². The maximum absolute atomic E-state index is 12.5. The maximum atomic E-state index is 12.5. The Morgan fingerprint density at radius 2 is 1.67 bits per heavy atom. The van der Waals surface area contributed by atoms with E-state index >= 15 is 0 Å². The van der Waals surface area contributed by atoms with Gasteiger partial charge in [0.05, 0.1) is 6.61 Å². The summed E-state index contributed by atoms with van der Waals surface area (Å²) in [7, 11) is 1.57. The number of rotatable bonds is 5. The van der Waals surface area contributed by atoms with Crippen molar-refractivity contribution in [2.75, 3.05) is 40.0 Å². The molecule has 0 bridgehead atoms. The van der Waals surface area contributed by atoms with E-state index in [0.717, 1.165) is 25.9 Å². The van der Waals surface area contributed by atoms with Gasteiger partial charge in [0.1, 0.15) is 6.61 Å². The molecule has 2 aromatic carbocycles. The van der Waals surface area contributed by atoms with Crippen LogP contribution >= 0.6 is 0 Å². The first kappa shape index (κ1) is 21.0. The fraction of sp³-hybridized carbons (Fsp3) is 0.480. The summed E-state index contributed by atoms with van der Waals surface area (Å²) in [5, 5.41) is 10.1. The van der Waals surface area contributed by atoms with E-state index in [4.69, 9.17) is 4.74 Å². The molecule has 2 fully saturated rings. The largest absolute Gasteiger partial charge is 0.395 e. The van der Waals surface area contributed by atoms with Gasteiger partial charge in [0.25, 0.3) is 0 Å². The number of benzene rings is 2. The zero-order valence-corrected chi connectivity index (χ0v) is 18.0. The molecule has 0 spiro atoms. The summed E-state index contributed by atoms with van der Waals surface area (Å²) in [5.41, 5.74) is 4.91. The van der Waals surface area contributed by atoms with Crippen molar-refractivity contribution in [3.63, 3.8) is 0 Å². The van der Waals surface area contributed by atoms with Gasteiger partial charge in [-0.2, -0.15) is 0 Å². The van der Waals surface area contributed by atoms with Gasteiger partial charge in [-0.3, -0.25) is 9.69 Å². The molecule has 0 radical (unpaired) electrons. The number of aryl methyl sites for hydroxylation is 1. The summed E-state index contributed by atoms with van der Waals surface area (Å²) < 4.78 is 5.08. The average molecular weight is 409 g/mol. The van der Waals surface area contributed by atoms with Crippen molar-refractivity contribution < 1.29 is 14.6 Å². The second kappa shape index (κ2) is 9.29. The van der Waals surface area contributed by atoms with Gasteiger partial charge in [-0.15, -0.1) is 0 Å². The van der Waals surface area contributed by atoms with Gasteiger partial charge >= 0.3 is 0 Å². The topological polar surface area (TPSA) is 53.0 Å². The molecule has 1 N–H and O–H groups in total. The summed E-state index contributed by atoms with van der Waals surface area (Å²) in [4.78, 5) is 16.8. The minimum atomic E-state index is 0.0558. The van der Waals surface area contributed by atoms with Crippen molar-refractivity contribution in [2.45, 2.75) is 37.8 Å². The molecule has 160 valence electrons. The lowest BCUT2D eigenvalue weighted by atomic mass is 9.74. The minimum absolute atomic E-state index is 0.0558. The molecule has 30 heavy (non-hydrogen) atoms. The van der Waals surface area contributed by atoms with Gasteiger partial charge < -0.3 is 14.7 Å². The summed E-state index contributed by atoms with van der Waals surface area (Å²) in [6.07, 6.45) is 2.04. The van der Waals surface area contributed by atoms with Gasteiger partial charge in [-0.1, -0.05) is 54.1 Å². The molecule has 2 aliphatic rings. The lowest BCUT2D eigenvalue weighted by molar-refractivity contribution is -0.140. The minimum Gasteiger partial charge on any atom is -0.395 e. The molecule has 4 rings (SSSR count). The average Bonchev–Trinajstić information content (AvgIpc) is 2.74. The molecule has 2 aromatic rings. The molecule has 1 amide bonds. The van der Waals surface area contributed by atoms with E-state index in [2.05, 4.69) is 60.4 Å². The normalized spacial score (nSPS) is 24.5. The van der Waals surface area contributed by atoms with E-state index < -0.39 is 0 Å². The number of hydrogen-bond acceptors (Lipinski definition) is 4. The molecule has 0 aromatic heterocycles. The number of nitrogens with zero attached hydrogens (tertiary/aromatic N) is 2. The smallest absolute Gasteiger partial charge is 0.248 e. The highest BCUT2D eigenvalue weighted by molar-refractivity contribution is 5.77. The first-order valence-electron chi connectivity index (χ1n) is 10.9. The quantitative estimate of drug-likeness (QED) is 0.826. The number of amides is 1. The van der Waals surface area contributed by atoms with Gasteiger partial charge in [0.2, 0.25) is 5.91 Å². The van der Waals surface area contributed by atoms with E-state index in [1.807, 2.05) is 4.90 Å². The van der Waals surface area contributed by atoms with Crippen LogP contribution in [0.25, 0.3) is 11.1 Å². The SMILES string of the molecule is COCC(=O)N1CCCCN2[C@@H](CO)[C@H](c3ccc(-c4ccc(C)cc4)cc3)[C@@H]2C1. The molecule has 0 unspecified atom stereocenters. The molecule has 3 atom stereocenters. The zero-order valence-electron chi connectivity index (χ0n) is 18.0. The molecule has 5 nitrogen and oxygen atoms in total. The number of carbonyl (C=O) groups is 1. The second-order valence-electron chi connectivity index (χ2n) is 8.55. The predicted molar refractivity (Wildman–Crippen MR) is 118 cm³/mol. The lowest BCUT2D eigenvalue weighted by Crippen LogP contribution is -2.68. The van der Waals surface area contributed by atoms with Gasteiger partial charge in [0.15, 0.2) is 0 Å². The zero-order chi connectivity index (χ0) is 21.1. The van der Waals surface area contributed by atoms with Crippen LogP contribution in [0.4, 0.5) is 0 Å². The lowest BCUT2D eigenvalue weighted by Gasteiger charge is -2.57. The number of aliphatic hydroxyl groups excluding tert-OH is 1. The van der Waals surface area contributed by atoms with Crippen LogP contribution in [0.1, 0.15) is 29.9 Å². The Balaban J connectivity index is 1.55. The third-order valence-corrected chi connectivity index (χ3v) is 6.67. The maximum Gasteiger partial charge on any atom is 0.248 e. The van der Waals surface area contributed by atoms with Crippen molar-refractivity contribution in [3.8, 4) is 11.1 Å². The highest BCUT2D eigenvalue weighted by atomic mass is 16.5. The van der Waals surface area contributed by atoms with Crippen molar-refractivity contribution in [3.05, 3.63) is 59.7 Å². The van der Waals surface area contributed by atoms with Crippen molar-refractivity contribution in [2.24, 2.45) is 0 Å². The first-order valence-corrected chi connectivity index (χ1v) is 10.9. The highest BCUT2D eigenvalue weighted by Gasteiger charge is 2.49. The molecule has 0 saturated carbocycles. The van der Waals surface area contributed by atoms with Crippen molar-refractivity contribution in [1.29, 1.82) is 0 Å². The number of hydrogen-bond donors (Lipinski definition) is 1. The third-order valence-electron chi connectivity index (χ3n) is 6.67. The third kappa shape index (κ3) is 4.15. The Labute approximate surface area is 179 Å². The summed E-state index contributed by atoms with van der Waals surface area (Å²) in [6, 6.07) is 17.7. The fourth-order valence-corrected chi connectivity index (χ4v) is 5.03. The van der Waals surface area contributed by atoms with E-state index in [9.17, 15) is 9.90 Å². The van der Waals surface area contributed by atoms with Crippen LogP contribution in [0, 0.1) is 6.92 Å². The Morgan fingerprint density at radius 1 is 1.03 bits per heavy atom. The molecule has 2 heterocycles. The second-order valence-corrected chi connectivity index (χ2v) is 8.55. The number of methoxy groups -OCH3 is 1.